The number of para-hydroxylation sites is 1. The number of hydrogen-bond donors (Lipinski definition) is 0. The Hall–Kier alpha value is -1.96. The Bertz CT molecular complexity index is 882. The van der Waals surface area contributed by atoms with Crippen LogP contribution in [0.3, 0.4) is 0 Å². The third kappa shape index (κ3) is 2.60. The Morgan fingerprint density at radius 3 is 2.24 bits per heavy atom. The topological polar surface area (TPSA) is 6.48 Å². The number of hydrogen-bond acceptors (Lipinski definition) is 2. The summed E-state index contributed by atoms with van der Waals surface area (Å²) in [6, 6.07) is 16.4. The van der Waals surface area contributed by atoms with Gasteiger partial charge in [-0.1, -0.05) is 65.3 Å². The van der Waals surface area contributed by atoms with E-state index in [0.29, 0.717) is 6.17 Å². The van der Waals surface area contributed by atoms with Gasteiger partial charge in [0.2, 0.25) is 0 Å². The molecule has 0 spiro atoms. The van der Waals surface area contributed by atoms with E-state index in [1.165, 1.54) is 66.7 Å². The molecule has 4 rings (SSSR count). The molecule has 2 heterocycles. The largest absolute Gasteiger partial charge is 0.352 e. The molecule has 2 nitrogen and oxygen atoms in total. The number of benzene rings is 2. The highest BCUT2D eigenvalue weighted by Gasteiger charge is 2.60. The maximum atomic E-state index is 2.67. The van der Waals surface area contributed by atoms with E-state index < -0.39 is 0 Å². The molecule has 2 aromatic rings. The average molecular weight is 391 g/mol. The van der Waals surface area contributed by atoms with Crippen LogP contribution in [0.25, 0.3) is 0 Å². The molecule has 0 aromatic heterocycles. The van der Waals surface area contributed by atoms with E-state index in [0.717, 1.165) is 0 Å². The average Bonchev–Trinajstić information content (AvgIpc) is 3.06. The predicted octanol–water partition coefficient (Wildman–Crippen LogP) is 7.43. The van der Waals surface area contributed by atoms with Crippen molar-refractivity contribution >= 4 is 17.1 Å². The fraction of sp³-hybridized carbons (Fsp3) is 0.556. The zero-order valence-electron chi connectivity index (χ0n) is 19.3. The summed E-state index contributed by atoms with van der Waals surface area (Å²) in [6.07, 6.45) is 7.60. The van der Waals surface area contributed by atoms with Crippen LogP contribution in [0.2, 0.25) is 0 Å². The van der Waals surface area contributed by atoms with E-state index in [1.54, 1.807) is 0 Å². The van der Waals surface area contributed by atoms with Gasteiger partial charge in [-0.05, 0) is 61.4 Å². The molecule has 0 fully saturated rings. The molecule has 0 N–H and O–H groups in total. The standard InChI is InChI=1S/C27H38N2/c1-7-11-14-20-17-18-23-24(19-20)28(6)25-27(9-3,10-4)26(5,8-2)21-15-12-13-16-22(21)29(23)25/h12-13,15-19,25H,7-11,14H2,1-6H3. The van der Waals surface area contributed by atoms with Crippen LogP contribution < -0.4 is 9.80 Å². The van der Waals surface area contributed by atoms with E-state index in [-0.39, 0.29) is 10.8 Å². The molecule has 2 atom stereocenters. The number of fused-ring (bicyclic) bond motifs is 5. The third-order valence-corrected chi connectivity index (χ3v) is 8.43. The molecule has 0 bridgehead atoms. The molecule has 0 aliphatic carbocycles. The first-order valence-electron chi connectivity index (χ1n) is 11.7. The van der Waals surface area contributed by atoms with Crippen LogP contribution in [-0.2, 0) is 11.8 Å². The highest BCUT2D eigenvalue weighted by molar-refractivity contribution is 5.87. The van der Waals surface area contributed by atoms with Gasteiger partial charge in [-0.25, -0.2) is 0 Å². The van der Waals surface area contributed by atoms with Crippen molar-refractivity contribution in [2.45, 2.75) is 84.7 Å². The first kappa shape index (κ1) is 20.3. The van der Waals surface area contributed by atoms with Gasteiger partial charge in [0.05, 0.1) is 11.4 Å². The normalized spacial score (nSPS) is 24.3. The zero-order valence-corrected chi connectivity index (χ0v) is 19.3. The van der Waals surface area contributed by atoms with Crippen LogP contribution in [-0.4, -0.2) is 13.2 Å². The van der Waals surface area contributed by atoms with Gasteiger partial charge in [0.15, 0.2) is 0 Å². The molecule has 2 aromatic carbocycles. The SMILES string of the molecule is CCCCc1ccc2c(c1)N(C)C1N2c2ccccc2C(C)(CC)C1(CC)CC. The first-order chi connectivity index (χ1) is 14.0. The summed E-state index contributed by atoms with van der Waals surface area (Å²) in [6.45, 7) is 12.0. The van der Waals surface area contributed by atoms with E-state index in [4.69, 9.17) is 0 Å². The molecule has 0 saturated heterocycles. The molecule has 0 amide bonds. The van der Waals surface area contributed by atoms with Crippen molar-refractivity contribution in [3.63, 3.8) is 0 Å². The molecule has 2 aliphatic heterocycles. The van der Waals surface area contributed by atoms with Gasteiger partial charge in [0.1, 0.15) is 6.17 Å². The lowest BCUT2D eigenvalue weighted by Crippen LogP contribution is -2.63. The van der Waals surface area contributed by atoms with E-state index in [2.05, 4.69) is 93.9 Å². The lowest BCUT2D eigenvalue weighted by molar-refractivity contribution is 0.0673. The second kappa shape index (κ2) is 7.38. The van der Waals surface area contributed by atoms with Crippen LogP contribution in [0.5, 0.6) is 0 Å². The molecular weight excluding hydrogens is 352 g/mol. The van der Waals surface area contributed by atoms with Gasteiger partial charge < -0.3 is 9.80 Å². The van der Waals surface area contributed by atoms with Crippen LogP contribution in [0.4, 0.5) is 17.1 Å². The number of rotatable bonds is 6. The summed E-state index contributed by atoms with van der Waals surface area (Å²) < 4.78 is 0. The van der Waals surface area contributed by atoms with Crippen molar-refractivity contribution in [2.75, 3.05) is 16.8 Å². The van der Waals surface area contributed by atoms with Gasteiger partial charge in [0, 0.05) is 23.6 Å². The zero-order chi connectivity index (χ0) is 20.8. The van der Waals surface area contributed by atoms with Crippen LogP contribution in [0.1, 0.15) is 77.8 Å². The summed E-state index contributed by atoms with van der Waals surface area (Å²) >= 11 is 0. The highest BCUT2D eigenvalue weighted by atomic mass is 15.4. The minimum Gasteiger partial charge on any atom is -0.352 e. The lowest BCUT2D eigenvalue weighted by atomic mass is 9.53. The number of anilines is 3. The van der Waals surface area contributed by atoms with Crippen LogP contribution in [0, 0.1) is 5.41 Å². The Morgan fingerprint density at radius 2 is 1.59 bits per heavy atom. The second-order valence-electron chi connectivity index (χ2n) is 9.35. The van der Waals surface area contributed by atoms with Crippen LogP contribution in [0.15, 0.2) is 42.5 Å². The van der Waals surface area contributed by atoms with E-state index >= 15 is 0 Å². The summed E-state index contributed by atoms with van der Waals surface area (Å²) in [4.78, 5) is 5.26. The summed E-state index contributed by atoms with van der Waals surface area (Å²) in [5, 5.41) is 0. The smallest absolute Gasteiger partial charge is 0.113 e. The molecule has 0 radical (unpaired) electrons. The molecule has 156 valence electrons. The Kier molecular flexibility index (Phi) is 5.17. The molecule has 29 heavy (non-hydrogen) atoms. The number of aryl methyl sites for hydroxylation is 1. The Balaban J connectivity index is 1.95. The van der Waals surface area contributed by atoms with E-state index in [9.17, 15) is 0 Å². The Labute approximate surface area is 177 Å². The summed E-state index contributed by atoms with van der Waals surface area (Å²) in [7, 11) is 2.33. The van der Waals surface area contributed by atoms with Crippen molar-refractivity contribution in [3.8, 4) is 0 Å². The Morgan fingerprint density at radius 1 is 0.862 bits per heavy atom. The molecule has 2 heteroatoms. The minimum absolute atomic E-state index is 0.162. The first-order valence-corrected chi connectivity index (χ1v) is 11.7. The molecule has 2 aliphatic rings. The quantitative estimate of drug-likeness (QED) is 0.506. The van der Waals surface area contributed by atoms with Crippen molar-refractivity contribution < 1.29 is 0 Å². The van der Waals surface area contributed by atoms with Gasteiger partial charge >= 0.3 is 0 Å². The lowest BCUT2D eigenvalue weighted by Gasteiger charge is -2.60. The highest BCUT2D eigenvalue weighted by Crippen LogP contribution is 2.64. The fourth-order valence-corrected chi connectivity index (χ4v) is 6.55. The van der Waals surface area contributed by atoms with Crippen molar-refractivity contribution in [1.82, 2.24) is 0 Å². The van der Waals surface area contributed by atoms with Gasteiger partial charge in [-0.15, -0.1) is 0 Å². The van der Waals surface area contributed by atoms with Crippen molar-refractivity contribution in [3.05, 3.63) is 53.6 Å². The van der Waals surface area contributed by atoms with E-state index in [1.807, 2.05) is 0 Å². The maximum absolute atomic E-state index is 2.67. The van der Waals surface area contributed by atoms with Gasteiger partial charge in [0.25, 0.3) is 0 Å². The molecule has 0 saturated carbocycles. The third-order valence-electron chi connectivity index (χ3n) is 8.43. The summed E-state index contributed by atoms with van der Waals surface area (Å²) in [5.74, 6) is 0. The van der Waals surface area contributed by atoms with Crippen LogP contribution >= 0.6 is 0 Å². The minimum atomic E-state index is 0.162. The van der Waals surface area contributed by atoms with Gasteiger partial charge in [-0.3, -0.25) is 0 Å². The molecular formula is C27H38N2. The number of nitrogens with zero attached hydrogens (tertiary/aromatic N) is 2. The van der Waals surface area contributed by atoms with Crippen molar-refractivity contribution in [1.29, 1.82) is 0 Å². The predicted molar refractivity (Wildman–Crippen MR) is 126 cm³/mol. The van der Waals surface area contributed by atoms with Gasteiger partial charge in [-0.2, -0.15) is 0 Å². The fourth-order valence-electron chi connectivity index (χ4n) is 6.55. The molecule has 2 unspecified atom stereocenters. The summed E-state index contributed by atoms with van der Waals surface area (Å²) in [5.41, 5.74) is 7.57. The number of unbranched alkanes of at least 4 members (excludes halogenated alkanes) is 1. The second-order valence-corrected chi connectivity index (χ2v) is 9.35. The van der Waals surface area contributed by atoms with Crippen molar-refractivity contribution in [2.24, 2.45) is 5.41 Å². The monoisotopic (exact) mass is 390 g/mol. The maximum Gasteiger partial charge on any atom is 0.113 e.